The maximum absolute atomic E-state index is 13.1. The van der Waals surface area contributed by atoms with Crippen molar-refractivity contribution < 1.29 is 80.2 Å². The van der Waals surface area contributed by atoms with Gasteiger partial charge < -0.3 is 33.8 Å². The summed E-state index contributed by atoms with van der Waals surface area (Å²) in [5, 5.41) is 10.6. The van der Waals surface area contributed by atoms with Crippen LogP contribution in [0.3, 0.4) is 0 Å². The minimum atomic E-state index is -4.99. The van der Waals surface area contributed by atoms with Crippen LogP contribution >= 0.6 is 15.6 Å². The summed E-state index contributed by atoms with van der Waals surface area (Å²) in [5.74, 6) is -2.27. The van der Waals surface area contributed by atoms with E-state index in [1.54, 1.807) is 0 Å². The maximum atomic E-state index is 13.1. The fourth-order valence-corrected chi connectivity index (χ4v) is 11.4. The number of carbonyl (C=O) groups is 4. The molecule has 0 radical (unpaired) electrons. The predicted molar refractivity (Wildman–Crippen MR) is 408 cm³/mol. The zero-order valence-corrected chi connectivity index (χ0v) is 64.1. The Morgan fingerprint density at radius 3 is 0.880 bits per heavy atom. The van der Waals surface area contributed by atoms with Gasteiger partial charge in [0.05, 0.1) is 26.4 Å². The summed E-state index contributed by atoms with van der Waals surface area (Å²) in [4.78, 5) is 72.8. The molecule has 5 unspecified atom stereocenters. The lowest BCUT2D eigenvalue weighted by atomic mass is 10.1. The zero-order valence-electron chi connectivity index (χ0n) is 62.3. The number of rotatable bonds is 71. The van der Waals surface area contributed by atoms with Crippen molar-refractivity contribution >= 4 is 39.5 Å². The van der Waals surface area contributed by atoms with Crippen molar-refractivity contribution in [3.05, 3.63) is 134 Å². The van der Waals surface area contributed by atoms with E-state index in [2.05, 4.69) is 149 Å². The van der Waals surface area contributed by atoms with Gasteiger partial charge in [-0.2, -0.15) is 0 Å². The molecule has 0 aromatic rings. The number of hydrogen-bond donors (Lipinski definition) is 3. The number of aliphatic hydroxyl groups excluding tert-OH is 1. The van der Waals surface area contributed by atoms with E-state index < -0.39 is 97.5 Å². The first-order valence-corrected chi connectivity index (χ1v) is 41.4. The van der Waals surface area contributed by atoms with Gasteiger partial charge in [-0.05, 0) is 128 Å². The highest BCUT2D eigenvalue weighted by Crippen LogP contribution is 2.45. The lowest BCUT2D eigenvalue weighted by Gasteiger charge is -2.21. The van der Waals surface area contributed by atoms with Crippen molar-refractivity contribution in [3.63, 3.8) is 0 Å². The van der Waals surface area contributed by atoms with Crippen LogP contribution in [-0.2, 0) is 65.4 Å². The SMILES string of the molecule is CC/C=C\C/C=C\C/C=C\C/C=C\C/C=C\CCCC(=O)OCC(COP(=O)(O)OCC(O)COP(=O)(O)OCC(COC(=O)CCCCCCCC/C=C\C/C=C\C/C=C\C/C=C\CC)OC(=O)CCCCCCC/C=C\C/C=C\CCC)OC(=O)CCCCCCCCCCCCC. The first-order chi connectivity index (χ1) is 48.7. The molecule has 0 heterocycles. The van der Waals surface area contributed by atoms with Gasteiger partial charge in [-0.1, -0.05) is 277 Å². The maximum Gasteiger partial charge on any atom is 0.472 e. The van der Waals surface area contributed by atoms with Crippen LogP contribution < -0.4 is 0 Å². The molecule has 5 atom stereocenters. The molecule has 0 saturated heterocycles. The van der Waals surface area contributed by atoms with Crippen molar-refractivity contribution in [2.24, 2.45) is 0 Å². The van der Waals surface area contributed by atoms with E-state index in [1.165, 1.54) is 38.5 Å². The van der Waals surface area contributed by atoms with Crippen LogP contribution in [0, 0.1) is 0 Å². The third kappa shape index (κ3) is 71.6. The Bertz CT molecular complexity index is 2420. The van der Waals surface area contributed by atoms with Crippen molar-refractivity contribution in [2.75, 3.05) is 39.6 Å². The van der Waals surface area contributed by atoms with Gasteiger partial charge in [-0.3, -0.25) is 37.3 Å². The summed E-state index contributed by atoms with van der Waals surface area (Å²) in [6.07, 6.45) is 80.2. The highest BCUT2D eigenvalue weighted by atomic mass is 31.2. The minimum absolute atomic E-state index is 0.0714. The molecule has 0 aliphatic heterocycles. The van der Waals surface area contributed by atoms with Crippen molar-refractivity contribution in [1.82, 2.24) is 0 Å². The zero-order chi connectivity index (χ0) is 73.2. The molecule has 19 heteroatoms. The highest BCUT2D eigenvalue weighted by Gasteiger charge is 2.30. The average molecular weight is 1440 g/mol. The fraction of sp³-hybridized carbons (Fsp3) is 0.679. The lowest BCUT2D eigenvalue weighted by molar-refractivity contribution is -0.161. The Kier molecular flexibility index (Phi) is 69.1. The molecule has 0 aliphatic carbocycles. The standard InChI is InChI=1S/C81H136O17P2/c1-5-9-13-17-21-25-29-32-34-36-37-39-41-44-47-50-54-58-62-66-79(84)92-72-77(98-81(86)68-64-60-56-52-48-42-31-27-23-19-15-11-7-3)74-96-100(89,90)94-70-75(82)69-93-99(87,88)95-73-76(97-80(85)67-63-59-55-51-45-28-24-20-16-12-8-4)71-91-78(83)65-61-57-53-49-46-43-40-38-35-33-30-26-22-18-14-10-6-2/h9-10,13-15,19,21-22,25-27,31-35,37,39-40,43,49,53,75-77,82H,5-8,11-12,16-18,20,23-24,28-30,36,38,41-42,44-48,50-52,54-74H2,1-4H3,(H,87,88)(H,89,90)/b13-9-,14-10-,19-15-,25-21-,26-22-,31-27-,34-32-,35-33-,39-37-,43-40-,53-49-. The third-order valence-corrected chi connectivity index (χ3v) is 17.5. The molecule has 17 nitrogen and oxygen atoms in total. The van der Waals surface area contributed by atoms with Gasteiger partial charge >= 0.3 is 39.5 Å². The van der Waals surface area contributed by atoms with E-state index in [0.717, 1.165) is 173 Å². The molecule has 0 aromatic heterocycles. The number of carbonyl (C=O) groups excluding carboxylic acids is 4. The average Bonchev–Trinajstić information content (AvgIpc) is 0.937. The topological polar surface area (TPSA) is 237 Å². The number of esters is 4. The molecule has 0 fully saturated rings. The van der Waals surface area contributed by atoms with Gasteiger partial charge in [-0.15, -0.1) is 0 Å². The van der Waals surface area contributed by atoms with E-state index in [4.69, 9.17) is 37.0 Å². The molecule has 3 N–H and O–H groups in total. The van der Waals surface area contributed by atoms with Gasteiger partial charge in [0.15, 0.2) is 12.2 Å². The Hall–Kier alpha value is -4.80. The van der Waals surface area contributed by atoms with Crippen LogP contribution in [0.4, 0.5) is 0 Å². The minimum Gasteiger partial charge on any atom is -0.462 e. The van der Waals surface area contributed by atoms with E-state index >= 15 is 0 Å². The third-order valence-electron chi connectivity index (χ3n) is 15.6. The van der Waals surface area contributed by atoms with Crippen LogP contribution in [-0.4, -0.2) is 96.7 Å². The van der Waals surface area contributed by atoms with Crippen LogP contribution in [0.15, 0.2) is 134 Å². The second-order valence-electron chi connectivity index (χ2n) is 25.2. The summed E-state index contributed by atoms with van der Waals surface area (Å²) >= 11 is 0. The molecular weight excluding hydrogens is 1310 g/mol. The van der Waals surface area contributed by atoms with Gasteiger partial charge in [0.25, 0.3) is 0 Å². The highest BCUT2D eigenvalue weighted by molar-refractivity contribution is 7.47. The molecule has 0 saturated carbocycles. The number of allylic oxidation sites excluding steroid dienone is 22. The summed E-state index contributed by atoms with van der Waals surface area (Å²) < 4.78 is 68.4. The molecular formula is C81H136O17P2. The van der Waals surface area contributed by atoms with Gasteiger partial charge in [0, 0.05) is 25.7 Å². The largest absolute Gasteiger partial charge is 0.472 e. The van der Waals surface area contributed by atoms with Crippen LogP contribution in [0.25, 0.3) is 0 Å². The second-order valence-corrected chi connectivity index (χ2v) is 28.1. The monoisotopic (exact) mass is 1440 g/mol. The Balaban J connectivity index is 5.37. The van der Waals surface area contributed by atoms with Crippen molar-refractivity contribution in [2.45, 2.75) is 316 Å². The van der Waals surface area contributed by atoms with Crippen molar-refractivity contribution in [1.29, 1.82) is 0 Å². The van der Waals surface area contributed by atoms with E-state index in [-0.39, 0.29) is 25.7 Å². The predicted octanol–water partition coefficient (Wildman–Crippen LogP) is 22.1. The summed E-state index contributed by atoms with van der Waals surface area (Å²) in [5.41, 5.74) is 0. The molecule has 0 spiro atoms. The Morgan fingerprint density at radius 1 is 0.290 bits per heavy atom. The summed E-state index contributed by atoms with van der Waals surface area (Å²) in [6, 6.07) is 0. The second kappa shape index (κ2) is 72.5. The molecule has 0 aromatic carbocycles. The van der Waals surface area contributed by atoms with Crippen LogP contribution in [0.5, 0.6) is 0 Å². The number of unbranched alkanes of at least 4 members (excludes halogenated alkanes) is 23. The number of hydrogen-bond acceptors (Lipinski definition) is 15. The Labute approximate surface area is 605 Å². The van der Waals surface area contributed by atoms with Gasteiger partial charge in [-0.25, -0.2) is 9.13 Å². The van der Waals surface area contributed by atoms with Gasteiger partial charge in [0.2, 0.25) is 0 Å². The van der Waals surface area contributed by atoms with Gasteiger partial charge in [0.1, 0.15) is 19.3 Å². The van der Waals surface area contributed by atoms with Crippen LogP contribution in [0.2, 0.25) is 0 Å². The molecule has 0 amide bonds. The first-order valence-electron chi connectivity index (χ1n) is 38.4. The molecule has 572 valence electrons. The van der Waals surface area contributed by atoms with E-state index in [0.29, 0.717) is 32.1 Å². The first kappa shape index (κ1) is 95.2. The molecule has 0 bridgehead atoms. The normalized spacial score (nSPS) is 14.7. The van der Waals surface area contributed by atoms with Crippen molar-refractivity contribution in [3.8, 4) is 0 Å². The van der Waals surface area contributed by atoms with E-state index in [1.807, 2.05) is 12.2 Å². The smallest absolute Gasteiger partial charge is 0.462 e. The summed E-state index contributed by atoms with van der Waals surface area (Å²) in [7, 11) is -9.97. The van der Waals surface area contributed by atoms with Crippen LogP contribution in [0.1, 0.15) is 297 Å². The Morgan fingerprint density at radius 2 is 0.550 bits per heavy atom. The van der Waals surface area contributed by atoms with E-state index in [9.17, 15) is 43.2 Å². The number of phosphoric acid groups is 2. The fourth-order valence-electron chi connectivity index (χ4n) is 9.81. The molecule has 100 heavy (non-hydrogen) atoms. The lowest BCUT2D eigenvalue weighted by Crippen LogP contribution is -2.30. The number of ether oxygens (including phenoxy) is 4. The quantitative estimate of drug-likeness (QED) is 0.0169. The number of phosphoric ester groups is 2. The summed E-state index contributed by atoms with van der Waals surface area (Å²) in [6.45, 7) is 4.47. The number of aliphatic hydroxyl groups is 1. The molecule has 0 rings (SSSR count). The molecule has 0 aliphatic rings.